The van der Waals surface area contributed by atoms with Gasteiger partial charge in [-0.3, -0.25) is 9.52 Å². The van der Waals surface area contributed by atoms with Gasteiger partial charge in [-0.05, 0) is 12.1 Å². The lowest BCUT2D eigenvalue weighted by atomic mass is 9.96. The highest BCUT2D eigenvalue weighted by Crippen LogP contribution is 2.39. The van der Waals surface area contributed by atoms with Crippen LogP contribution in [0.2, 0.25) is 0 Å². The average molecular weight is 416 g/mol. The highest BCUT2D eigenvalue weighted by molar-refractivity contribution is 7.92. The van der Waals surface area contributed by atoms with Crippen molar-refractivity contribution in [1.82, 2.24) is 5.01 Å². The fourth-order valence-corrected chi connectivity index (χ4v) is 3.93. The third-order valence-corrected chi connectivity index (χ3v) is 5.25. The van der Waals surface area contributed by atoms with Crippen LogP contribution >= 0.6 is 0 Å². The van der Waals surface area contributed by atoms with E-state index in [-0.39, 0.29) is 17.9 Å². The van der Waals surface area contributed by atoms with Gasteiger partial charge in [-0.1, -0.05) is 50.2 Å². The lowest BCUT2D eigenvalue weighted by molar-refractivity contribution is -0.136. The molecule has 7 nitrogen and oxygen atoms in total. The molecule has 1 aliphatic rings. The van der Waals surface area contributed by atoms with E-state index in [9.17, 15) is 13.2 Å². The Bertz CT molecular complexity index is 1050. The molecule has 1 atom stereocenters. The minimum absolute atomic E-state index is 0.107. The molecule has 0 spiro atoms. The van der Waals surface area contributed by atoms with Crippen LogP contribution in [0, 0.1) is 5.92 Å². The predicted molar refractivity (Wildman–Crippen MR) is 113 cm³/mol. The van der Waals surface area contributed by atoms with Crippen LogP contribution in [0.1, 0.15) is 37.4 Å². The third kappa shape index (κ3) is 4.59. The van der Waals surface area contributed by atoms with Crippen LogP contribution in [0.3, 0.4) is 0 Å². The molecule has 0 saturated heterocycles. The largest absolute Gasteiger partial charge is 0.496 e. The molecule has 8 heteroatoms. The van der Waals surface area contributed by atoms with Crippen molar-refractivity contribution in [2.45, 2.75) is 26.3 Å². The van der Waals surface area contributed by atoms with Crippen LogP contribution < -0.4 is 9.46 Å². The quantitative estimate of drug-likeness (QED) is 0.783. The van der Waals surface area contributed by atoms with Gasteiger partial charge in [-0.2, -0.15) is 5.10 Å². The van der Waals surface area contributed by atoms with Crippen LogP contribution in [0.5, 0.6) is 5.75 Å². The van der Waals surface area contributed by atoms with Crippen molar-refractivity contribution in [1.29, 1.82) is 0 Å². The van der Waals surface area contributed by atoms with Crippen molar-refractivity contribution < 1.29 is 17.9 Å². The number of nitrogens with one attached hydrogen (secondary N) is 1. The second kappa shape index (κ2) is 8.24. The standard InChI is InChI=1S/C21H25N3O4S/c1-14(2)21(25)24-19(16-10-6-8-12-20(16)28-3)13-18(22-24)15-9-5-7-11-17(15)23-29(4,26)27/h5-12,14,19,23H,13H2,1-4H3/t19-/m0/s1. The van der Waals surface area contributed by atoms with Crippen molar-refractivity contribution in [2.75, 3.05) is 18.1 Å². The summed E-state index contributed by atoms with van der Waals surface area (Å²) in [4.78, 5) is 12.9. The Balaban J connectivity index is 2.06. The first kappa shape index (κ1) is 20.9. The zero-order chi connectivity index (χ0) is 21.2. The Morgan fingerprint density at radius 2 is 1.83 bits per heavy atom. The second-order valence-corrected chi connectivity index (χ2v) is 9.01. The Morgan fingerprint density at radius 1 is 1.17 bits per heavy atom. The summed E-state index contributed by atoms with van der Waals surface area (Å²) < 4.78 is 31.6. The maximum Gasteiger partial charge on any atom is 0.245 e. The highest BCUT2D eigenvalue weighted by atomic mass is 32.2. The normalized spacial score (nSPS) is 16.7. The number of rotatable bonds is 6. The fraction of sp³-hybridized carbons (Fsp3) is 0.333. The summed E-state index contributed by atoms with van der Waals surface area (Å²) in [7, 11) is -1.86. The smallest absolute Gasteiger partial charge is 0.245 e. The summed E-state index contributed by atoms with van der Waals surface area (Å²) in [5, 5.41) is 6.11. The molecule has 1 N–H and O–H groups in total. The van der Waals surface area contributed by atoms with E-state index in [1.165, 1.54) is 5.01 Å². The number of hydrogen-bond acceptors (Lipinski definition) is 5. The minimum atomic E-state index is -3.45. The molecule has 3 rings (SSSR count). The number of nitrogens with zero attached hydrogens (tertiary/aromatic N) is 2. The van der Waals surface area contributed by atoms with Crippen molar-refractivity contribution in [3.8, 4) is 5.75 Å². The van der Waals surface area contributed by atoms with Gasteiger partial charge >= 0.3 is 0 Å². The van der Waals surface area contributed by atoms with E-state index in [0.717, 1.165) is 11.8 Å². The summed E-state index contributed by atoms with van der Waals surface area (Å²) in [6, 6.07) is 14.3. The Hall–Kier alpha value is -2.87. The second-order valence-electron chi connectivity index (χ2n) is 7.27. The van der Waals surface area contributed by atoms with E-state index in [4.69, 9.17) is 4.74 Å². The molecule has 154 valence electrons. The van der Waals surface area contributed by atoms with Gasteiger partial charge in [-0.15, -0.1) is 0 Å². The molecular weight excluding hydrogens is 390 g/mol. The van der Waals surface area contributed by atoms with E-state index in [1.54, 1.807) is 25.3 Å². The highest BCUT2D eigenvalue weighted by Gasteiger charge is 2.36. The number of methoxy groups -OCH3 is 1. The molecule has 0 radical (unpaired) electrons. The zero-order valence-corrected chi connectivity index (χ0v) is 17.7. The summed E-state index contributed by atoms with van der Waals surface area (Å²) in [6.45, 7) is 3.66. The molecule has 0 aromatic heterocycles. The molecule has 0 unspecified atom stereocenters. The first-order chi connectivity index (χ1) is 13.7. The third-order valence-electron chi connectivity index (χ3n) is 4.66. The monoisotopic (exact) mass is 415 g/mol. The molecule has 0 saturated carbocycles. The lowest BCUT2D eigenvalue weighted by Gasteiger charge is -2.25. The first-order valence-electron chi connectivity index (χ1n) is 9.32. The van der Waals surface area contributed by atoms with E-state index in [1.807, 2.05) is 44.2 Å². The molecule has 1 heterocycles. The summed E-state index contributed by atoms with van der Waals surface area (Å²) >= 11 is 0. The van der Waals surface area contributed by atoms with Crippen LogP contribution in [0.4, 0.5) is 5.69 Å². The van der Waals surface area contributed by atoms with Crippen LogP contribution in [-0.4, -0.2) is 38.4 Å². The number of carbonyl (C=O) groups is 1. The van der Waals surface area contributed by atoms with Gasteiger partial charge in [0.2, 0.25) is 15.9 Å². The van der Waals surface area contributed by atoms with Gasteiger partial charge in [-0.25, -0.2) is 13.4 Å². The SMILES string of the molecule is COc1ccccc1[C@@H]1CC(c2ccccc2NS(C)(=O)=O)=NN1C(=O)C(C)C. The van der Waals surface area contributed by atoms with Gasteiger partial charge in [0.05, 0.1) is 30.8 Å². The van der Waals surface area contributed by atoms with Crippen molar-refractivity contribution in [3.63, 3.8) is 0 Å². The predicted octanol–water partition coefficient (Wildman–Crippen LogP) is 3.40. The maximum atomic E-state index is 12.9. The minimum Gasteiger partial charge on any atom is -0.496 e. The van der Waals surface area contributed by atoms with Crippen LogP contribution in [0.15, 0.2) is 53.6 Å². The number of carbonyl (C=O) groups excluding carboxylic acids is 1. The Kier molecular flexibility index (Phi) is 5.93. The van der Waals surface area contributed by atoms with Gasteiger partial charge in [0, 0.05) is 23.5 Å². The van der Waals surface area contributed by atoms with E-state index in [0.29, 0.717) is 29.1 Å². The number of hydrazone groups is 1. The van der Waals surface area contributed by atoms with Crippen molar-refractivity contribution >= 4 is 27.3 Å². The zero-order valence-electron chi connectivity index (χ0n) is 16.9. The molecule has 1 amide bonds. The number of para-hydroxylation sites is 2. The number of anilines is 1. The number of ether oxygens (including phenoxy) is 1. The molecule has 2 aromatic rings. The van der Waals surface area contributed by atoms with Gasteiger partial charge in [0.15, 0.2) is 0 Å². The van der Waals surface area contributed by atoms with E-state index >= 15 is 0 Å². The lowest BCUT2D eigenvalue weighted by Crippen LogP contribution is -2.30. The van der Waals surface area contributed by atoms with Crippen LogP contribution in [0.25, 0.3) is 0 Å². The molecule has 0 bridgehead atoms. The van der Waals surface area contributed by atoms with Crippen molar-refractivity contribution in [3.05, 3.63) is 59.7 Å². The number of sulfonamides is 1. The summed E-state index contributed by atoms with van der Waals surface area (Å²) in [5.41, 5.74) is 2.58. The molecule has 2 aromatic carbocycles. The fourth-order valence-electron chi connectivity index (χ4n) is 3.35. The molecule has 0 aliphatic carbocycles. The molecule has 0 fully saturated rings. The molecular formula is C21H25N3O4S. The topological polar surface area (TPSA) is 88.1 Å². The first-order valence-corrected chi connectivity index (χ1v) is 11.2. The number of hydrogen-bond donors (Lipinski definition) is 1. The number of benzene rings is 2. The van der Waals surface area contributed by atoms with Gasteiger partial charge < -0.3 is 4.74 Å². The Morgan fingerprint density at radius 3 is 2.48 bits per heavy atom. The van der Waals surface area contributed by atoms with E-state index < -0.39 is 10.0 Å². The average Bonchev–Trinajstić information content (AvgIpc) is 3.11. The van der Waals surface area contributed by atoms with Crippen LogP contribution in [-0.2, 0) is 14.8 Å². The van der Waals surface area contributed by atoms with E-state index in [2.05, 4.69) is 9.82 Å². The summed E-state index contributed by atoms with van der Waals surface area (Å²) in [6.07, 6.45) is 1.55. The molecule has 1 aliphatic heterocycles. The summed E-state index contributed by atoms with van der Waals surface area (Å²) in [5.74, 6) is 0.335. The Labute approximate surface area is 171 Å². The van der Waals surface area contributed by atoms with Gasteiger partial charge in [0.1, 0.15) is 5.75 Å². The van der Waals surface area contributed by atoms with Gasteiger partial charge in [0.25, 0.3) is 0 Å². The molecule has 29 heavy (non-hydrogen) atoms. The maximum absolute atomic E-state index is 12.9. The number of amides is 1. The van der Waals surface area contributed by atoms with Crippen molar-refractivity contribution in [2.24, 2.45) is 11.0 Å².